The summed E-state index contributed by atoms with van der Waals surface area (Å²) >= 11 is 0. The van der Waals surface area contributed by atoms with Gasteiger partial charge in [-0.25, -0.2) is 14.8 Å². The summed E-state index contributed by atoms with van der Waals surface area (Å²) in [6.07, 6.45) is 6.13. The summed E-state index contributed by atoms with van der Waals surface area (Å²) in [5.74, 6) is -3.46. The third-order valence-electron chi connectivity index (χ3n) is 6.51. The van der Waals surface area contributed by atoms with Gasteiger partial charge in [0.15, 0.2) is 5.96 Å². The molecule has 1 aromatic carbocycles. The van der Waals surface area contributed by atoms with E-state index in [-0.39, 0.29) is 50.4 Å². The number of carboxylic acid groups (broad SMARTS) is 1. The van der Waals surface area contributed by atoms with Crippen LogP contribution in [0.3, 0.4) is 0 Å². The van der Waals surface area contributed by atoms with E-state index in [1.165, 1.54) is 37.2 Å². The number of imidazole rings is 2. The number of hydrogen-bond acceptors (Lipinski definition) is 9. The third kappa shape index (κ3) is 10.8. The molecule has 2 heterocycles. The number of carboxylic acids is 1. The molecule has 0 aliphatic heterocycles. The fraction of sp³-hybridized carbons (Fsp3) is 0.370. The van der Waals surface area contributed by atoms with Crippen molar-refractivity contribution in [1.82, 2.24) is 35.9 Å². The van der Waals surface area contributed by atoms with Gasteiger partial charge in [-0.15, -0.1) is 0 Å². The molecular formula is C27H37N11O6. The molecule has 3 aromatic rings. The zero-order valence-electron chi connectivity index (χ0n) is 23.8. The maximum absolute atomic E-state index is 13.6. The van der Waals surface area contributed by atoms with Crippen molar-refractivity contribution in [2.75, 3.05) is 6.54 Å². The molecule has 0 aliphatic rings. The SMILES string of the molecule is NC(N)=NCCCC(NC(=O)C(Cc1cnc[nH]1)NC(=O)C(Cc1cnc[nH]1)NC(=O)C(N)Cc1ccc(O)cc1)C(=O)O. The Balaban J connectivity index is 1.74. The van der Waals surface area contributed by atoms with Crippen molar-refractivity contribution >= 4 is 29.7 Å². The second-order valence-electron chi connectivity index (χ2n) is 10.0. The van der Waals surface area contributed by atoms with Crippen molar-refractivity contribution in [2.45, 2.75) is 56.3 Å². The quantitative estimate of drug-likeness (QED) is 0.0443. The molecule has 44 heavy (non-hydrogen) atoms. The number of amides is 3. The Morgan fingerprint density at radius 1 is 0.818 bits per heavy atom. The largest absolute Gasteiger partial charge is 0.508 e. The Morgan fingerprint density at radius 3 is 1.82 bits per heavy atom. The number of hydrogen-bond donors (Lipinski definition) is 10. The number of phenols is 1. The first-order valence-electron chi connectivity index (χ1n) is 13.7. The van der Waals surface area contributed by atoms with E-state index < -0.39 is 47.9 Å². The Morgan fingerprint density at radius 2 is 1.34 bits per heavy atom. The van der Waals surface area contributed by atoms with E-state index in [0.717, 1.165) is 0 Å². The lowest BCUT2D eigenvalue weighted by Crippen LogP contribution is -2.58. The first-order valence-corrected chi connectivity index (χ1v) is 13.7. The molecule has 3 amide bonds. The lowest BCUT2D eigenvalue weighted by Gasteiger charge is -2.25. The second-order valence-corrected chi connectivity index (χ2v) is 10.0. The van der Waals surface area contributed by atoms with Gasteiger partial charge in [-0.05, 0) is 37.0 Å². The standard InChI is InChI=1S/C27H37N11O6/c28-19(8-15-3-5-18(39)6-4-15)23(40)37-21(9-16-11-31-13-34-16)25(42)38-22(10-17-12-32-14-35-17)24(41)36-20(26(43)44)2-1-7-33-27(29)30/h3-6,11-14,19-22,39H,1-2,7-10,28H2,(H,31,34)(H,32,35)(H,36,41)(H,37,40)(H,38,42)(H,43,44)(H4,29,30,33). The van der Waals surface area contributed by atoms with Gasteiger partial charge in [0.25, 0.3) is 0 Å². The van der Waals surface area contributed by atoms with E-state index in [1.54, 1.807) is 12.1 Å². The van der Waals surface area contributed by atoms with Crippen LogP contribution in [0.5, 0.6) is 5.75 Å². The van der Waals surface area contributed by atoms with E-state index >= 15 is 0 Å². The van der Waals surface area contributed by atoms with Crippen molar-refractivity contribution in [3.8, 4) is 5.75 Å². The fourth-order valence-electron chi connectivity index (χ4n) is 4.21. The van der Waals surface area contributed by atoms with E-state index in [0.29, 0.717) is 17.0 Å². The maximum atomic E-state index is 13.6. The highest BCUT2D eigenvalue weighted by Gasteiger charge is 2.31. The van der Waals surface area contributed by atoms with Crippen molar-refractivity contribution < 1.29 is 29.4 Å². The number of aliphatic carboxylic acids is 1. The van der Waals surface area contributed by atoms with Crippen LogP contribution in [0.1, 0.15) is 29.8 Å². The number of benzene rings is 1. The summed E-state index contributed by atoms with van der Waals surface area (Å²) in [5, 5.41) is 26.9. The number of H-pyrrole nitrogens is 2. The van der Waals surface area contributed by atoms with E-state index in [9.17, 15) is 29.4 Å². The average Bonchev–Trinajstić information content (AvgIpc) is 3.69. The predicted molar refractivity (Wildman–Crippen MR) is 158 cm³/mol. The van der Waals surface area contributed by atoms with Crippen LogP contribution >= 0.6 is 0 Å². The van der Waals surface area contributed by atoms with Gasteiger partial charge in [0.1, 0.15) is 23.9 Å². The molecule has 2 aromatic heterocycles. The number of phenolic OH excluding ortho intramolecular Hbond substituents is 1. The summed E-state index contributed by atoms with van der Waals surface area (Å²) in [6.45, 7) is 0.167. The van der Waals surface area contributed by atoms with Crippen LogP contribution < -0.4 is 33.2 Å². The summed E-state index contributed by atoms with van der Waals surface area (Å²) in [6, 6.07) is 1.46. The number of carbonyl (C=O) groups excluding carboxylic acids is 3. The number of aromatic hydroxyl groups is 1. The van der Waals surface area contributed by atoms with Gasteiger partial charge in [0.05, 0.1) is 18.7 Å². The summed E-state index contributed by atoms with van der Waals surface area (Å²) < 4.78 is 0. The number of aromatic amines is 2. The van der Waals surface area contributed by atoms with Crippen molar-refractivity contribution in [2.24, 2.45) is 22.2 Å². The first-order chi connectivity index (χ1) is 21.0. The Hall–Kier alpha value is -5.45. The molecule has 13 N–H and O–H groups in total. The molecule has 0 saturated carbocycles. The van der Waals surface area contributed by atoms with Crippen LogP contribution in [0.15, 0.2) is 54.3 Å². The van der Waals surface area contributed by atoms with Crippen molar-refractivity contribution in [3.63, 3.8) is 0 Å². The van der Waals surface area contributed by atoms with Gasteiger partial charge in [0, 0.05) is 43.2 Å². The van der Waals surface area contributed by atoms with E-state index in [4.69, 9.17) is 17.2 Å². The van der Waals surface area contributed by atoms with Gasteiger partial charge >= 0.3 is 5.97 Å². The van der Waals surface area contributed by atoms with Gasteiger partial charge in [-0.2, -0.15) is 0 Å². The van der Waals surface area contributed by atoms with Crippen molar-refractivity contribution in [3.05, 3.63) is 66.3 Å². The highest BCUT2D eigenvalue weighted by Crippen LogP contribution is 2.11. The summed E-state index contributed by atoms with van der Waals surface area (Å²) in [5.41, 5.74) is 18.4. The molecule has 0 radical (unpaired) electrons. The minimum absolute atomic E-state index is 0.00948. The van der Waals surface area contributed by atoms with Crippen LogP contribution in [0.2, 0.25) is 0 Å². The van der Waals surface area contributed by atoms with Gasteiger partial charge < -0.3 is 53.3 Å². The first kappa shape index (κ1) is 33.1. The predicted octanol–water partition coefficient (Wildman–Crippen LogP) is -2.21. The topological polar surface area (TPSA) is 293 Å². The number of nitrogens with zero attached hydrogens (tertiary/aromatic N) is 3. The van der Waals surface area contributed by atoms with Crippen LogP contribution in [-0.4, -0.2) is 90.5 Å². The molecular weight excluding hydrogens is 574 g/mol. The van der Waals surface area contributed by atoms with Crippen molar-refractivity contribution in [1.29, 1.82) is 0 Å². The highest BCUT2D eigenvalue weighted by molar-refractivity contribution is 5.94. The zero-order valence-corrected chi connectivity index (χ0v) is 23.8. The molecule has 0 fully saturated rings. The molecule has 17 heteroatoms. The summed E-state index contributed by atoms with van der Waals surface area (Å²) in [4.78, 5) is 69.2. The lowest BCUT2D eigenvalue weighted by atomic mass is 10.0. The van der Waals surface area contributed by atoms with Gasteiger partial charge in [0.2, 0.25) is 17.7 Å². The van der Waals surface area contributed by atoms with Gasteiger partial charge in [-0.3, -0.25) is 19.4 Å². The number of carbonyl (C=O) groups is 4. The van der Waals surface area contributed by atoms with E-state index in [1.807, 2.05) is 0 Å². The number of guanidine groups is 1. The number of nitrogens with two attached hydrogens (primary N) is 3. The number of aliphatic imine (C=N–C) groups is 1. The zero-order chi connectivity index (χ0) is 32.1. The summed E-state index contributed by atoms with van der Waals surface area (Å²) in [7, 11) is 0. The lowest BCUT2D eigenvalue weighted by molar-refractivity contribution is -0.142. The second kappa shape index (κ2) is 16.3. The Labute approximate surface area is 252 Å². The van der Waals surface area contributed by atoms with Crippen LogP contribution in [0.25, 0.3) is 0 Å². The van der Waals surface area contributed by atoms with Crippen LogP contribution in [0, 0.1) is 0 Å². The fourth-order valence-corrected chi connectivity index (χ4v) is 4.21. The van der Waals surface area contributed by atoms with Crippen LogP contribution in [0.4, 0.5) is 0 Å². The molecule has 4 atom stereocenters. The molecule has 0 aliphatic carbocycles. The minimum Gasteiger partial charge on any atom is -0.508 e. The average molecular weight is 612 g/mol. The number of aromatic nitrogens is 4. The number of nitrogens with one attached hydrogen (secondary N) is 5. The highest BCUT2D eigenvalue weighted by atomic mass is 16.4. The van der Waals surface area contributed by atoms with Crippen LogP contribution in [-0.2, 0) is 38.4 Å². The molecule has 4 unspecified atom stereocenters. The third-order valence-corrected chi connectivity index (χ3v) is 6.51. The maximum Gasteiger partial charge on any atom is 0.326 e. The smallest absolute Gasteiger partial charge is 0.326 e. The minimum atomic E-state index is -1.28. The Kier molecular flexibility index (Phi) is 12.2. The Bertz CT molecular complexity index is 1390. The monoisotopic (exact) mass is 611 g/mol. The molecule has 0 bridgehead atoms. The molecule has 0 saturated heterocycles. The molecule has 17 nitrogen and oxygen atoms in total. The normalized spacial score (nSPS) is 13.6. The molecule has 236 valence electrons. The molecule has 0 spiro atoms. The number of rotatable bonds is 17. The molecule has 3 rings (SSSR count). The van der Waals surface area contributed by atoms with Gasteiger partial charge in [-0.1, -0.05) is 12.1 Å². The van der Waals surface area contributed by atoms with E-state index in [2.05, 4.69) is 40.9 Å².